The van der Waals surface area contributed by atoms with Crippen molar-refractivity contribution in [3.05, 3.63) is 41.3 Å². The van der Waals surface area contributed by atoms with E-state index in [4.69, 9.17) is 4.74 Å². The van der Waals surface area contributed by atoms with Gasteiger partial charge in [-0.2, -0.15) is 5.10 Å². The van der Waals surface area contributed by atoms with E-state index in [2.05, 4.69) is 31.8 Å². The molecule has 0 radical (unpaired) electrons. The highest BCUT2D eigenvalue weighted by Crippen LogP contribution is 2.11. The molecule has 1 saturated heterocycles. The Hall–Kier alpha value is -1.68. The van der Waals surface area contributed by atoms with Crippen LogP contribution in [0.1, 0.15) is 29.8 Å². The molecule has 1 unspecified atom stereocenters. The van der Waals surface area contributed by atoms with Crippen LogP contribution in [0.5, 0.6) is 0 Å². The van der Waals surface area contributed by atoms with Gasteiger partial charge in [-0.25, -0.2) is 9.67 Å². The first-order valence-corrected chi connectivity index (χ1v) is 8.70. The molecule has 8 heteroatoms. The number of rotatable bonds is 5. The molecular formula is C18H27IN6O. The minimum Gasteiger partial charge on any atom is -0.376 e. The van der Waals surface area contributed by atoms with Crippen LogP contribution in [0.15, 0.2) is 29.4 Å². The summed E-state index contributed by atoms with van der Waals surface area (Å²) < 4.78 is 7.47. The predicted octanol–water partition coefficient (Wildman–Crippen LogP) is 2.35. The van der Waals surface area contributed by atoms with Crippen LogP contribution in [-0.4, -0.2) is 47.0 Å². The second-order valence-corrected chi connectivity index (χ2v) is 6.31. The molecule has 142 valence electrons. The highest BCUT2D eigenvalue weighted by atomic mass is 127. The first-order chi connectivity index (χ1) is 12.2. The monoisotopic (exact) mass is 470 g/mol. The number of aryl methyl sites for hydroxylation is 2. The van der Waals surface area contributed by atoms with Gasteiger partial charge in [-0.05, 0) is 44.4 Å². The lowest BCUT2D eigenvalue weighted by Gasteiger charge is -2.15. The molecule has 0 saturated carbocycles. The fourth-order valence-electron chi connectivity index (χ4n) is 2.93. The van der Waals surface area contributed by atoms with Crippen LogP contribution < -0.4 is 10.6 Å². The lowest BCUT2D eigenvalue weighted by Crippen LogP contribution is -2.40. The summed E-state index contributed by atoms with van der Waals surface area (Å²) in [6.45, 7) is 6.33. The predicted molar refractivity (Wildman–Crippen MR) is 113 cm³/mol. The fourth-order valence-corrected chi connectivity index (χ4v) is 2.93. The average molecular weight is 470 g/mol. The molecule has 26 heavy (non-hydrogen) atoms. The van der Waals surface area contributed by atoms with E-state index in [9.17, 15) is 0 Å². The zero-order valence-electron chi connectivity index (χ0n) is 15.5. The maximum atomic E-state index is 5.61. The van der Waals surface area contributed by atoms with Gasteiger partial charge in [0, 0.05) is 38.6 Å². The van der Waals surface area contributed by atoms with Crippen molar-refractivity contribution in [2.45, 2.75) is 39.3 Å². The Balaban J connectivity index is 0.00000243. The number of guanidine groups is 1. The molecule has 0 aromatic carbocycles. The number of hydrogen-bond donors (Lipinski definition) is 2. The maximum absolute atomic E-state index is 5.61. The lowest BCUT2D eigenvalue weighted by molar-refractivity contribution is 0.114. The number of halogens is 1. The highest BCUT2D eigenvalue weighted by Gasteiger charge is 2.15. The largest absolute Gasteiger partial charge is 0.376 e. The molecule has 1 aliphatic heterocycles. The van der Waals surface area contributed by atoms with Crippen LogP contribution in [0.2, 0.25) is 0 Å². The summed E-state index contributed by atoms with van der Waals surface area (Å²) in [7, 11) is 1.77. The summed E-state index contributed by atoms with van der Waals surface area (Å²) >= 11 is 0. The van der Waals surface area contributed by atoms with Crippen molar-refractivity contribution in [3.8, 4) is 5.82 Å². The van der Waals surface area contributed by atoms with Gasteiger partial charge in [-0.15, -0.1) is 24.0 Å². The van der Waals surface area contributed by atoms with E-state index >= 15 is 0 Å². The molecule has 2 aromatic heterocycles. The van der Waals surface area contributed by atoms with Gasteiger partial charge >= 0.3 is 0 Å². The van der Waals surface area contributed by atoms with E-state index in [0.717, 1.165) is 54.7 Å². The Morgan fingerprint density at radius 2 is 2.19 bits per heavy atom. The smallest absolute Gasteiger partial charge is 0.191 e. The van der Waals surface area contributed by atoms with Crippen molar-refractivity contribution in [2.24, 2.45) is 4.99 Å². The Labute approximate surface area is 171 Å². The first kappa shape index (κ1) is 20.6. The van der Waals surface area contributed by atoms with Gasteiger partial charge in [-0.1, -0.05) is 6.07 Å². The number of ether oxygens (including phenoxy) is 1. The second kappa shape index (κ2) is 9.86. The van der Waals surface area contributed by atoms with Gasteiger partial charge in [0.2, 0.25) is 0 Å². The van der Waals surface area contributed by atoms with Gasteiger partial charge < -0.3 is 15.4 Å². The van der Waals surface area contributed by atoms with E-state index in [0.29, 0.717) is 12.6 Å². The number of aromatic nitrogens is 3. The van der Waals surface area contributed by atoms with Crippen molar-refractivity contribution in [1.29, 1.82) is 0 Å². The van der Waals surface area contributed by atoms with Crippen molar-refractivity contribution in [2.75, 3.05) is 20.2 Å². The molecule has 0 amide bonds. The molecule has 2 aromatic rings. The van der Waals surface area contributed by atoms with Crippen LogP contribution in [0.3, 0.4) is 0 Å². The number of aliphatic imine (C=N–C) groups is 1. The minimum atomic E-state index is 0. The molecule has 1 fully saturated rings. The van der Waals surface area contributed by atoms with Crippen molar-refractivity contribution in [1.82, 2.24) is 25.4 Å². The van der Waals surface area contributed by atoms with Crippen LogP contribution in [0, 0.1) is 13.8 Å². The molecular weight excluding hydrogens is 443 g/mol. The van der Waals surface area contributed by atoms with Crippen LogP contribution in [-0.2, 0) is 11.3 Å². The molecule has 1 atom stereocenters. The lowest BCUT2D eigenvalue weighted by atomic mass is 10.2. The van der Waals surface area contributed by atoms with Gasteiger partial charge in [-0.3, -0.25) is 4.99 Å². The van der Waals surface area contributed by atoms with E-state index in [1.807, 2.05) is 36.9 Å². The summed E-state index contributed by atoms with van der Waals surface area (Å²) in [4.78, 5) is 8.76. The van der Waals surface area contributed by atoms with Gasteiger partial charge in [0.15, 0.2) is 11.8 Å². The number of hydrogen-bond acceptors (Lipinski definition) is 4. The third kappa shape index (κ3) is 5.41. The third-order valence-corrected chi connectivity index (χ3v) is 4.24. The molecule has 2 N–H and O–H groups in total. The number of pyridine rings is 1. The normalized spacial score (nSPS) is 17.0. The minimum absolute atomic E-state index is 0. The van der Waals surface area contributed by atoms with Crippen LogP contribution in [0.4, 0.5) is 0 Å². The molecule has 0 spiro atoms. The zero-order valence-corrected chi connectivity index (χ0v) is 17.9. The van der Waals surface area contributed by atoms with E-state index < -0.39 is 0 Å². The van der Waals surface area contributed by atoms with Crippen molar-refractivity contribution >= 4 is 29.9 Å². The summed E-state index contributed by atoms with van der Waals surface area (Å²) in [5.74, 6) is 1.60. The summed E-state index contributed by atoms with van der Waals surface area (Å²) in [6.07, 6.45) is 4.42. The van der Waals surface area contributed by atoms with E-state index in [1.165, 1.54) is 0 Å². The molecule has 0 bridgehead atoms. The molecule has 1 aliphatic rings. The Morgan fingerprint density at radius 3 is 2.77 bits per heavy atom. The standard InChI is InChI=1S/C18H26N6O.HI/c1-13-9-14(2)24(23-13)17-7-6-15(10-20-17)11-21-18(19-3)22-12-16-5-4-8-25-16;/h6-7,9-10,16H,4-5,8,11-12H2,1-3H3,(H2,19,21,22);1H. The topological polar surface area (TPSA) is 76.4 Å². The Bertz CT molecular complexity index is 722. The third-order valence-electron chi connectivity index (χ3n) is 4.24. The number of nitrogens with one attached hydrogen (secondary N) is 2. The Morgan fingerprint density at radius 1 is 1.35 bits per heavy atom. The van der Waals surface area contributed by atoms with Gasteiger partial charge in [0.05, 0.1) is 11.8 Å². The molecule has 3 heterocycles. The quantitative estimate of drug-likeness (QED) is 0.399. The van der Waals surface area contributed by atoms with E-state index in [-0.39, 0.29) is 24.0 Å². The second-order valence-electron chi connectivity index (χ2n) is 6.31. The Kier molecular flexibility index (Phi) is 7.83. The maximum Gasteiger partial charge on any atom is 0.191 e. The summed E-state index contributed by atoms with van der Waals surface area (Å²) in [5, 5.41) is 11.1. The summed E-state index contributed by atoms with van der Waals surface area (Å²) in [6, 6.07) is 6.08. The fraction of sp³-hybridized carbons (Fsp3) is 0.500. The summed E-state index contributed by atoms with van der Waals surface area (Å²) in [5.41, 5.74) is 3.16. The van der Waals surface area contributed by atoms with Crippen molar-refractivity contribution in [3.63, 3.8) is 0 Å². The van der Waals surface area contributed by atoms with E-state index in [1.54, 1.807) is 7.05 Å². The molecule has 7 nitrogen and oxygen atoms in total. The van der Waals surface area contributed by atoms with Crippen molar-refractivity contribution < 1.29 is 4.74 Å². The van der Waals surface area contributed by atoms with Gasteiger partial charge in [0.1, 0.15) is 0 Å². The zero-order chi connectivity index (χ0) is 17.6. The number of nitrogens with zero attached hydrogens (tertiary/aromatic N) is 4. The molecule has 3 rings (SSSR count). The van der Waals surface area contributed by atoms with Crippen LogP contribution >= 0.6 is 24.0 Å². The first-order valence-electron chi connectivity index (χ1n) is 8.70. The molecule has 0 aliphatic carbocycles. The SMILES string of the molecule is CN=C(NCc1ccc(-n2nc(C)cc2C)nc1)NCC1CCCO1.I. The highest BCUT2D eigenvalue weighted by molar-refractivity contribution is 14.0. The van der Waals surface area contributed by atoms with Gasteiger partial charge in [0.25, 0.3) is 0 Å². The average Bonchev–Trinajstić information content (AvgIpc) is 3.25. The van der Waals surface area contributed by atoms with Crippen LogP contribution in [0.25, 0.3) is 5.82 Å².